The van der Waals surface area contributed by atoms with E-state index in [2.05, 4.69) is 17.6 Å². The standard InChI is InChI=1S/C20H31N3O3S.ClH/c1-15-14-21-13-12-19(15)22-20(24)16-8-10-18(11-9-16)27(25,26)23(2)17-6-4-3-5-7-17;/h8-11,15,17,19,21H,3-7,12-14H2,1-2H3,(H,22,24);1H. The summed E-state index contributed by atoms with van der Waals surface area (Å²) in [6.07, 6.45) is 6.10. The predicted molar refractivity (Wildman–Crippen MR) is 113 cm³/mol. The topological polar surface area (TPSA) is 78.5 Å². The molecule has 1 aromatic rings. The quantitative estimate of drug-likeness (QED) is 0.754. The maximum absolute atomic E-state index is 12.9. The van der Waals surface area contributed by atoms with Crippen LogP contribution < -0.4 is 10.6 Å². The normalized spacial score (nSPS) is 23.8. The fourth-order valence-corrected chi connectivity index (χ4v) is 5.48. The first-order valence-electron chi connectivity index (χ1n) is 9.99. The molecule has 2 N–H and O–H groups in total. The van der Waals surface area contributed by atoms with Gasteiger partial charge in [0, 0.05) is 24.7 Å². The molecule has 1 aliphatic carbocycles. The summed E-state index contributed by atoms with van der Waals surface area (Å²) in [5.41, 5.74) is 0.500. The summed E-state index contributed by atoms with van der Waals surface area (Å²) in [4.78, 5) is 12.8. The van der Waals surface area contributed by atoms with Gasteiger partial charge in [0.2, 0.25) is 10.0 Å². The van der Waals surface area contributed by atoms with Crippen LogP contribution in [0.25, 0.3) is 0 Å². The maximum Gasteiger partial charge on any atom is 0.251 e. The number of carbonyl (C=O) groups excluding carboxylic acids is 1. The van der Waals surface area contributed by atoms with Crippen LogP contribution >= 0.6 is 12.4 Å². The molecule has 1 aromatic carbocycles. The van der Waals surface area contributed by atoms with Crippen LogP contribution in [0.4, 0.5) is 0 Å². The van der Waals surface area contributed by atoms with Gasteiger partial charge in [-0.05, 0) is 62.5 Å². The molecule has 8 heteroatoms. The highest BCUT2D eigenvalue weighted by Crippen LogP contribution is 2.26. The van der Waals surface area contributed by atoms with Crippen LogP contribution in [-0.2, 0) is 10.0 Å². The van der Waals surface area contributed by atoms with Crippen molar-refractivity contribution in [2.75, 3.05) is 20.1 Å². The third-order valence-corrected chi connectivity index (χ3v) is 7.91. The Kier molecular flexibility index (Phi) is 8.30. The van der Waals surface area contributed by atoms with Gasteiger partial charge in [0.15, 0.2) is 0 Å². The molecule has 0 bridgehead atoms. The van der Waals surface area contributed by atoms with Crippen molar-refractivity contribution >= 4 is 28.3 Å². The van der Waals surface area contributed by atoms with E-state index in [0.29, 0.717) is 11.5 Å². The molecule has 6 nitrogen and oxygen atoms in total. The second-order valence-electron chi connectivity index (χ2n) is 7.89. The van der Waals surface area contributed by atoms with Crippen molar-refractivity contribution in [3.63, 3.8) is 0 Å². The molecule has 1 aliphatic heterocycles. The van der Waals surface area contributed by atoms with E-state index in [1.54, 1.807) is 31.3 Å². The van der Waals surface area contributed by atoms with Crippen LogP contribution in [0.1, 0.15) is 55.8 Å². The first kappa shape index (κ1) is 23.1. The fraction of sp³-hybridized carbons (Fsp3) is 0.650. The molecule has 1 saturated heterocycles. The molecule has 0 aromatic heterocycles. The van der Waals surface area contributed by atoms with E-state index >= 15 is 0 Å². The highest BCUT2D eigenvalue weighted by molar-refractivity contribution is 7.89. The average Bonchev–Trinajstić information content (AvgIpc) is 2.70. The lowest BCUT2D eigenvalue weighted by Gasteiger charge is -2.30. The Morgan fingerprint density at radius 1 is 1.11 bits per heavy atom. The SMILES string of the molecule is CC1CNCCC1NC(=O)c1ccc(S(=O)(=O)N(C)C2CCCCC2)cc1.Cl. The van der Waals surface area contributed by atoms with Crippen LogP contribution in [-0.4, -0.2) is 50.9 Å². The predicted octanol–water partition coefficient (Wildman–Crippen LogP) is 2.79. The molecule has 0 radical (unpaired) electrons. The summed E-state index contributed by atoms with van der Waals surface area (Å²) in [7, 11) is -1.85. The summed E-state index contributed by atoms with van der Waals surface area (Å²) < 4.78 is 27.3. The number of amides is 1. The first-order valence-corrected chi connectivity index (χ1v) is 11.4. The fourth-order valence-electron chi connectivity index (χ4n) is 4.07. The summed E-state index contributed by atoms with van der Waals surface area (Å²) in [6, 6.07) is 6.56. The number of rotatable bonds is 5. The summed E-state index contributed by atoms with van der Waals surface area (Å²) in [6.45, 7) is 3.92. The van der Waals surface area contributed by atoms with Gasteiger partial charge < -0.3 is 10.6 Å². The highest BCUT2D eigenvalue weighted by Gasteiger charge is 2.29. The number of sulfonamides is 1. The number of hydrogen-bond acceptors (Lipinski definition) is 4. The third kappa shape index (κ3) is 5.26. The van der Waals surface area contributed by atoms with Crippen LogP contribution in [0.2, 0.25) is 0 Å². The molecule has 2 atom stereocenters. The van der Waals surface area contributed by atoms with Crippen LogP contribution in [0, 0.1) is 5.92 Å². The van der Waals surface area contributed by atoms with Crippen molar-refractivity contribution in [1.82, 2.24) is 14.9 Å². The van der Waals surface area contributed by atoms with E-state index in [0.717, 1.165) is 45.2 Å². The Morgan fingerprint density at radius 2 is 1.75 bits per heavy atom. The second kappa shape index (κ2) is 10.1. The first-order chi connectivity index (χ1) is 12.9. The minimum atomic E-state index is -3.52. The summed E-state index contributed by atoms with van der Waals surface area (Å²) >= 11 is 0. The van der Waals surface area contributed by atoms with Crippen molar-refractivity contribution in [3.8, 4) is 0 Å². The van der Waals surface area contributed by atoms with Crippen molar-refractivity contribution < 1.29 is 13.2 Å². The van der Waals surface area contributed by atoms with Crippen molar-refractivity contribution in [1.29, 1.82) is 0 Å². The molecular weight excluding hydrogens is 398 g/mol. The largest absolute Gasteiger partial charge is 0.349 e. The monoisotopic (exact) mass is 429 g/mol. The highest BCUT2D eigenvalue weighted by atomic mass is 35.5. The maximum atomic E-state index is 12.9. The van der Waals surface area contributed by atoms with Gasteiger partial charge >= 0.3 is 0 Å². The zero-order valence-corrected chi connectivity index (χ0v) is 18.3. The average molecular weight is 430 g/mol. The Labute approximate surface area is 174 Å². The molecule has 158 valence electrons. The lowest BCUT2D eigenvalue weighted by molar-refractivity contribution is 0.0914. The molecular formula is C20H32ClN3O3S. The zero-order chi connectivity index (χ0) is 19.4. The molecule has 1 heterocycles. The van der Waals surface area contributed by atoms with Gasteiger partial charge in [-0.2, -0.15) is 4.31 Å². The molecule has 2 aliphatic rings. The third-order valence-electron chi connectivity index (χ3n) is 5.98. The number of nitrogens with one attached hydrogen (secondary N) is 2. The Balaban J connectivity index is 0.00000280. The van der Waals surface area contributed by atoms with Crippen molar-refractivity contribution in [2.45, 2.75) is 62.4 Å². The smallest absolute Gasteiger partial charge is 0.251 e. The minimum absolute atomic E-state index is 0. The van der Waals surface area contributed by atoms with E-state index in [-0.39, 0.29) is 35.3 Å². The van der Waals surface area contributed by atoms with Crippen LogP contribution in [0.3, 0.4) is 0 Å². The molecule has 3 rings (SSSR count). The van der Waals surface area contributed by atoms with E-state index < -0.39 is 10.0 Å². The molecule has 2 unspecified atom stereocenters. The van der Waals surface area contributed by atoms with E-state index in [1.165, 1.54) is 10.7 Å². The number of piperidine rings is 1. The van der Waals surface area contributed by atoms with E-state index in [1.807, 2.05) is 0 Å². The molecule has 28 heavy (non-hydrogen) atoms. The van der Waals surface area contributed by atoms with Crippen molar-refractivity contribution in [2.24, 2.45) is 5.92 Å². The summed E-state index contributed by atoms with van der Waals surface area (Å²) in [5, 5.41) is 6.40. The lowest BCUT2D eigenvalue weighted by Crippen LogP contribution is -2.48. The van der Waals surface area contributed by atoms with Gasteiger partial charge in [-0.25, -0.2) is 8.42 Å². The van der Waals surface area contributed by atoms with E-state index in [9.17, 15) is 13.2 Å². The Morgan fingerprint density at radius 3 is 2.36 bits per heavy atom. The Bertz CT molecular complexity index is 748. The summed E-state index contributed by atoms with van der Waals surface area (Å²) in [5.74, 6) is 0.241. The van der Waals surface area contributed by atoms with Gasteiger partial charge in [0.05, 0.1) is 4.90 Å². The number of nitrogens with zero attached hydrogens (tertiary/aromatic N) is 1. The van der Waals surface area contributed by atoms with Gasteiger partial charge in [-0.15, -0.1) is 12.4 Å². The number of carbonyl (C=O) groups is 1. The molecule has 0 spiro atoms. The van der Waals surface area contributed by atoms with Crippen LogP contribution in [0.5, 0.6) is 0 Å². The minimum Gasteiger partial charge on any atom is -0.349 e. The van der Waals surface area contributed by atoms with Gasteiger partial charge in [-0.3, -0.25) is 4.79 Å². The van der Waals surface area contributed by atoms with E-state index in [4.69, 9.17) is 0 Å². The Hall–Kier alpha value is -1.15. The number of halogens is 1. The van der Waals surface area contributed by atoms with Crippen molar-refractivity contribution in [3.05, 3.63) is 29.8 Å². The van der Waals surface area contributed by atoms with Gasteiger partial charge in [0.1, 0.15) is 0 Å². The molecule has 1 amide bonds. The zero-order valence-electron chi connectivity index (χ0n) is 16.7. The van der Waals surface area contributed by atoms with Gasteiger partial charge in [0.25, 0.3) is 5.91 Å². The second-order valence-corrected chi connectivity index (χ2v) is 9.89. The molecule has 1 saturated carbocycles. The lowest BCUT2D eigenvalue weighted by atomic mass is 9.95. The number of benzene rings is 1. The van der Waals surface area contributed by atoms with Gasteiger partial charge in [-0.1, -0.05) is 26.2 Å². The molecule has 2 fully saturated rings. The number of hydrogen-bond donors (Lipinski definition) is 2. The van der Waals surface area contributed by atoms with Crippen LogP contribution in [0.15, 0.2) is 29.2 Å².